The Bertz CT molecular complexity index is 675. The normalized spacial score (nSPS) is 19.6. The van der Waals surface area contributed by atoms with E-state index < -0.39 is 0 Å². The second kappa shape index (κ2) is 7.92. The third-order valence-electron chi connectivity index (χ3n) is 4.39. The Balaban J connectivity index is 1.75. The molecule has 0 radical (unpaired) electrons. The number of hydrogen-bond donors (Lipinski definition) is 0. The van der Waals surface area contributed by atoms with E-state index >= 15 is 0 Å². The van der Waals surface area contributed by atoms with E-state index in [-0.39, 0.29) is 0 Å². The summed E-state index contributed by atoms with van der Waals surface area (Å²) in [6.07, 6.45) is 0. The highest BCUT2D eigenvalue weighted by Crippen LogP contribution is 2.24. The summed E-state index contributed by atoms with van der Waals surface area (Å²) in [7, 11) is 5.93. The van der Waals surface area contributed by atoms with Crippen molar-refractivity contribution in [1.82, 2.24) is 14.8 Å². The van der Waals surface area contributed by atoms with Gasteiger partial charge in [0.15, 0.2) is 0 Å². The molecule has 3 rings (SSSR count). The standard InChI is InChI=1S/C19H27N3O2/c1-21(2)11-15-12-22(9-10-24-14-15)13-17-8-7-16-5-4-6-18(23-3)19(16)20-17/h4-8,15H,9-14H2,1-3H3/t15-/m0/s1. The predicted molar refractivity (Wildman–Crippen MR) is 96.4 cm³/mol. The summed E-state index contributed by atoms with van der Waals surface area (Å²) in [4.78, 5) is 9.52. The van der Waals surface area contributed by atoms with E-state index in [2.05, 4.69) is 42.1 Å². The molecule has 5 nitrogen and oxygen atoms in total. The van der Waals surface area contributed by atoms with Crippen LogP contribution >= 0.6 is 0 Å². The number of methoxy groups -OCH3 is 1. The van der Waals surface area contributed by atoms with Gasteiger partial charge >= 0.3 is 0 Å². The van der Waals surface area contributed by atoms with Gasteiger partial charge in [0.25, 0.3) is 0 Å². The highest BCUT2D eigenvalue weighted by atomic mass is 16.5. The van der Waals surface area contributed by atoms with E-state index in [9.17, 15) is 0 Å². The van der Waals surface area contributed by atoms with Gasteiger partial charge in [-0.2, -0.15) is 0 Å². The zero-order chi connectivity index (χ0) is 16.9. The lowest BCUT2D eigenvalue weighted by Gasteiger charge is -2.25. The lowest BCUT2D eigenvalue weighted by molar-refractivity contribution is 0.112. The molecule has 0 spiro atoms. The summed E-state index contributed by atoms with van der Waals surface area (Å²) in [5.74, 6) is 1.37. The summed E-state index contributed by atoms with van der Waals surface area (Å²) in [5, 5.41) is 1.11. The Labute approximate surface area is 144 Å². The molecule has 0 bridgehead atoms. The highest BCUT2D eigenvalue weighted by Gasteiger charge is 2.20. The molecule has 0 aliphatic carbocycles. The quantitative estimate of drug-likeness (QED) is 0.841. The van der Waals surface area contributed by atoms with Crippen molar-refractivity contribution in [2.24, 2.45) is 5.92 Å². The van der Waals surface area contributed by atoms with E-state index in [1.165, 1.54) is 0 Å². The fourth-order valence-corrected chi connectivity index (χ4v) is 3.37. The minimum Gasteiger partial charge on any atom is -0.494 e. The van der Waals surface area contributed by atoms with Gasteiger partial charge in [0.2, 0.25) is 0 Å². The monoisotopic (exact) mass is 329 g/mol. The van der Waals surface area contributed by atoms with E-state index in [4.69, 9.17) is 14.5 Å². The van der Waals surface area contributed by atoms with Crippen molar-refractivity contribution in [2.45, 2.75) is 6.54 Å². The molecule has 1 fully saturated rings. The van der Waals surface area contributed by atoms with Crippen LogP contribution in [0.25, 0.3) is 10.9 Å². The number of aromatic nitrogens is 1. The van der Waals surface area contributed by atoms with E-state index in [0.29, 0.717) is 5.92 Å². The number of benzene rings is 1. The molecular weight excluding hydrogens is 302 g/mol. The summed E-state index contributed by atoms with van der Waals surface area (Å²) in [6.45, 7) is 5.53. The van der Waals surface area contributed by atoms with Crippen molar-refractivity contribution in [3.63, 3.8) is 0 Å². The van der Waals surface area contributed by atoms with Gasteiger partial charge in [-0.25, -0.2) is 4.98 Å². The summed E-state index contributed by atoms with van der Waals surface area (Å²) >= 11 is 0. The van der Waals surface area contributed by atoms with Crippen LogP contribution < -0.4 is 4.74 Å². The third-order valence-corrected chi connectivity index (χ3v) is 4.39. The zero-order valence-corrected chi connectivity index (χ0v) is 14.9. The van der Waals surface area contributed by atoms with Crippen molar-refractivity contribution < 1.29 is 9.47 Å². The molecule has 130 valence electrons. The second-order valence-corrected chi connectivity index (χ2v) is 6.77. The van der Waals surface area contributed by atoms with Crippen LogP contribution in [0.1, 0.15) is 5.69 Å². The largest absolute Gasteiger partial charge is 0.494 e. The Morgan fingerprint density at radius 1 is 1.29 bits per heavy atom. The number of pyridine rings is 1. The average Bonchev–Trinajstić information content (AvgIpc) is 2.78. The van der Waals surface area contributed by atoms with Crippen LogP contribution in [0.4, 0.5) is 0 Å². The van der Waals surface area contributed by atoms with Gasteiger partial charge in [-0.05, 0) is 26.2 Å². The molecule has 5 heteroatoms. The number of para-hydroxylation sites is 1. The van der Waals surface area contributed by atoms with Crippen LogP contribution in [0, 0.1) is 5.92 Å². The summed E-state index contributed by atoms with van der Waals surface area (Å²) in [5.41, 5.74) is 2.02. The Kier molecular flexibility index (Phi) is 5.66. The maximum atomic E-state index is 5.77. The first-order chi connectivity index (χ1) is 11.7. The van der Waals surface area contributed by atoms with Crippen LogP contribution in [-0.4, -0.2) is 68.8 Å². The number of hydrogen-bond acceptors (Lipinski definition) is 5. The molecule has 2 aromatic rings. The van der Waals surface area contributed by atoms with Gasteiger partial charge < -0.3 is 14.4 Å². The average molecular weight is 329 g/mol. The molecule has 1 saturated heterocycles. The highest BCUT2D eigenvalue weighted by molar-refractivity contribution is 5.84. The van der Waals surface area contributed by atoms with Gasteiger partial charge in [-0.3, -0.25) is 4.90 Å². The molecule has 1 aliphatic heterocycles. The first kappa shape index (κ1) is 17.1. The summed E-state index contributed by atoms with van der Waals surface area (Å²) in [6, 6.07) is 10.3. The molecule has 2 heterocycles. The van der Waals surface area contributed by atoms with Crippen molar-refractivity contribution in [2.75, 3.05) is 54.1 Å². The smallest absolute Gasteiger partial charge is 0.145 e. The molecule has 1 aliphatic rings. The minimum absolute atomic E-state index is 0.539. The predicted octanol–water partition coefficient (Wildman–Crippen LogP) is 2.25. The molecule has 24 heavy (non-hydrogen) atoms. The lowest BCUT2D eigenvalue weighted by Crippen LogP contribution is -2.34. The van der Waals surface area contributed by atoms with Crippen LogP contribution in [-0.2, 0) is 11.3 Å². The van der Waals surface area contributed by atoms with Crippen molar-refractivity contribution in [1.29, 1.82) is 0 Å². The molecule has 1 aromatic carbocycles. The van der Waals surface area contributed by atoms with Crippen LogP contribution in [0.2, 0.25) is 0 Å². The topological polar surface area (TPSA) is 37.8 Å². The number of ether oxygens (including phenoxy) is 2. The van der Waals surface area contributed by atoms with Crippen LogP contribution in [0.15, 0.2) is 30.3 Å². The second-order valence-electron chi connectivity index (χ2n) is 6.77. The molecule has 0 amide bonds. The van der Waals surface area contributed by atoms with Gasteiger partial charge in [-0.1, -0.05) is 18.2 Å². The maximum absolute atomic E-state index is 5.77. The fourth-order valence-electron chi connectivity index (χ4n) is 3.37. The number of rotatable bonds is 5. The van der Waals surface area contributed by atoms with E-state index in [0.717, 1.165) is 61.7 Å². The van der Waals surface area contributed by atoms with Gasteiger partial charge in [-0.15, -0.1) is 0 Å². The zero-order valence-electron chi connectivity index (χ0n) is 14.9. The van der Waals surface area contributed by atoms with Gasteiger partial charge in [0.1, 0.15) is 11.3 Å². The maximum Gasteiger partial charge on any atom is 0.145 e. The lowest BCUT2D eigenvalue weighted by atomic mass is 10.1. The van der Waals surface area contributed by atoms with Gasteiger partial charge in [0, 0.05) is 37.5 Å². The fraction of sp³-hybridized carbons (Fsp3) is 0.526. The Morgan fingerprint density at radius 2 is 2.17 bits per heavy atom. The Morgan fingerprint density at radius 3 is 2.96 bits per heavy atom. The minimum atomic E-state index is 0.539. The molecule has 1 atom stereocenters. The first-order valence-corrected chi connectivity index (χ1v) is 8.53. The van der Waals surface area contributed by atoms with Crippen molar-refractivity contribution in [3.8, 4) is 5.75 Å². The van der Waals surface area contributed by atoms with Crippen molar-refractivity contribution in [3.05, 3.63) is 36.0 Å². The number of fused-ring (bicyclic) bond motifs is 1. The number of nitrogens with zero attached hydrogens (tertiary/aromatic N) is 3. The molecule has 0 N–H and O–H groups in total. The van der Waals surface area contributed by atoms with E-state index in [1.807, 2.05) is 12.1 Å². The Hall–Kier alpha value is -1.69. The third kappa shape index (κ3) is 4.23. The van der Waals surface area contributed by atoms with Crippen molar-refractivity contribution >= 4 is 10.9 Å². The van der Waals surface area contributed by atoms with Crippen LogP contribution in [0.5, 0.6) is 5.75 Å². The molecule has 0 unspecified atom stereocenters. The van der Waals surface area contributed by atoms with Crippen LogP contribution in [0.3, 0.4) is 0 Å². The van der Waals surface area contributed by atoms with E-state index in [1.54, 1.807) is 7.11 Å². The molecule has 1 aromatic heterocycles. The summed E-state index contributed by atoms with van der Waals surface area (Å²) < 4.78 is 11.2. The molecule has 0 saturated carbocycles. The first-order valence-electron chi connectivity index (χ1n) is 8.53. The van der Waals surface area contributed by atoms with Gasteiger partial charge in [0.05, 0.1) is 26.0 Å². The SMILES string of the molecule is COc1cccc2ccc(CN3CCOC[C@@H](CN(C)C)C3)nc12. The molecular formula is C19H27N3O2.